The minimum atomic E-state index is 0.827. The van der Waals surface area contributed by atoms with Crippen LogP contribution < -0.4 is 9.80 Å². The molecule has 0 bridgehead atoms. The van der Waals surface area contributed by atoms with Crippen molar-refractivity contribution in [2.75, 3.05) is 50.1 Å². The topological polar surface area (TPSA) is 61.3 Å². The Morgan fingerprint density at radius 2 is 1.87 bits per heavy atom. The number of rotatable bonds is 4. The molecule has 1 aliphatic rings. The molecule has 7 heteroatoms. The zero-order valence-corrected chi connectivity index (χ0v) is 14.0. The van der Waals surface area contributed by atoms with Gasteiger partial charge in [-0.05, 0) is 6.92 Å². The molecule has 0 atom stereocenters. The van der Waals surface area contributed by atoms with Crippen molar-refractivity contribution in [2.24, 2.45) is 0 Å². The summed E-state index contributed by atoms with van der Waals surface area (Å²) < 4.78 is 0. The molecule has 23 heavy (non-hydrogen) atoms. The third kappa shape index (κ3) is 3.92. The first-order valence-corrected chi connectivity index (χ1v) is 7.87. The second-order valence-electron chi connectivity index (χ2n) is 6.02. The minimum absolute atomic E-state index is 0.827. The van der Waals surface area contributed by atoms with Gasteiger partial charge in [-0.2, -0.15) is 4.98 Å². The molecule has 7 nitrogen and oxygen atoms in total. The van der Waals surface area contributed by atoms with Gasteiger partial charge in [0.05, 0.1) is 5.69 Å². The van der Waals surface area contributed by atoms with E-state index in [9.17, 15) is 0 Å². The van der Waals surface area contributed by atoms with E-state index in [0.717, 1.165) is 55.9 Å². The molecule has 0 radical (unpaired) electrons. The smallest absolute Gasteiger partial charge is 0.227 e. The van der Waals surface area contributed by atoms with E-state index in [4.69, 9.17) is 0 Å². The number of hydrogen-bond donors (Lipinski definition) is 0. The van der Waals surface area contributed by atoms with Gasteiger partial charge in [0.1, 0.15) is 5.82 Å². The van der Waals surface area contributed by atoms with Gasteiger partial charge >= 0.3 is 0 Å². The lowest BCUT2D eigenvalue weighted by Crippen LogP contribution is -2.46. The molecule has 2 aromatic heterocycles. The first kappa shape index (κ1) is 15.6. The van der Waals surface area contributed by atoms with Crippen LogP contribution in [0.4, 0.5) is 11.8 Å². The van der Waals surface area contributed by atoms with Gasteiger partial charge < -0.3 is 9.80 Å². The molecule has 2 aromatic rings. The fourth-order valence-electron chi connectivity index (χ4n) is 2.65. The van der Waals surface area contributed by atoms with Crippen LogP contribution in [0.2, 0.25) is 0 Å². The van der Waals surface area contributed by atoms with Crippen molar-refractivity contribution in [3.63, 3.8) is 0 Å². The Hall–Kier alpha value is -2.28. The van der Waals surface area contributed by atoms with Gasteiger partial charge in [0.25, 0.3) is 0 Å². The van der Waals surface area contributed by atoms with Crippen molar-refractivity contribution in [2.45, 2.75) is 13.5 Å². The van der Waals surface area contributed by atoms with Crippen LogP contribution in [-0.2, 0) is 6.54 Å². The van der Waals surface area contributed by atoms with Crippen LogP contribution in [0.25, 0.3) is 0 Å². The van der Waals surface area contributed by atoms with Crippen molar-refractivity contribution in [3.05, 3.63) is 36.0 Å². The summed E-state index contributed by atoms with van der Waals surface area (Å²) >= 11 is 0. The Morgan fingerprint density at radius 1 is 1.09 bits per heavy atom. The van der Waals surface area contributed by atoms with Crippen LogP contribution >= 0.6 is 0 Å². The molecule has 0 aliphatic carbocycles. The van der Waals surface area contributed by atoms with Crippen LogP contribution in [0.1, 0.15) is 11.4 Å². The zero-order valence-electron chi connectivity index (χ0n) is 14.0. The number of nitrogens with zero attached hydrogens (tertiary/aromatic N) is 7. The van der Waals surface area contributed by atoms with Crippen molar-refractivity contribution >= 4 is 11.8 Å². The predicted octanol–water partition coefficient (Wildman–Crippen LogP) is 0.963. The number of piperazine rings is 1. The summed E-state index contributed by atoms with van der Waals surface area (Å²) in [6, 6.07) is 2.01. The third-order valence-electron chi connectivity index (χ3n) is 3.94. The summed E-state index contributed by atoms with van der Waals surface area (Å²) in [7, 11) is 4.01. The quantitative estimate of drug-likeness (QED) is 0.833. The Bertz CT molecular complexity index is 636. The fourth-order valence-corrected chi connectivity index (χ4v) is 2.65. The third-order valence-corrected chi connectivity index (χ3v) is 3.94. The van der Waals surface area contributed by atoms with Crippen molar-refractivity contribution in [1.82, 2.24) is 24.8 Å². The highest BCUT2D eigenvalue weighted by molar-refractivity contribution is 5.45. The van der Waals surface area contributed by atoms with E-state index in [1.807, 2.05) is 38.2 Å². The number of anilines is 2. The monoisotopic (exact) mass is 313 g/mol. The van der Waals surface area contributed by atoms with E-state index < -0.39 is 0 Å². The van der Waals surface area contributed by atoms with Crippen LogP contribution in [0, 0.1) is 6.92 Å². The number of aromatic nitrogens is 4. The summed E-state index contributed by atoms with van der Waals surface area (Å²) in [6.45, 7) is 6.67. The van der Waals surface area contributed by atoms with Crippen LogP contribution in [0.3, 0.4) is 0 Å². The Kier molecular flexibility index (Phi) is 4.66. The fraction of sp³-hybridized carbons (Fsp3) is 0.500. The van der Waals surface area contributed by atoms with Gasteiger partial charge in [-0.25, -0.2) is 4.98 Å². The van der Waals surface area contributed by atoms with Gasteiger partial charge in [0.2, 0.25) is 5.95 Å². The van der Waals surface area contributed by atoms with E-state index in [0.29, 0.717) is 0 Å². The second kappa shape index (κ2) is 6.87. The van der Waals surface area contributed by atoms with E-state index >= 15 is 0 Å². The molecule has 3 rings (SSSR count). The molecule has 1 aliphatic heterocycles. The summed E-state index contributed by atoms with van der Waals surface area (Å²) in [4.78, 5) is 24.4. The van der Waals surface area contributed by atoms with Gasteiger partial charge in [-0.15, -0.1) is 0 Å². The molecule has 0 spiro atoms. The normalized spacial score (nSPS) is 15.7. The van der Waals surface area contributed by atoms with Crippen molar-refractivity contribution in [1.29, 1.82) is 0 Å². The lowest BCUT2D eigenvalue weighted by atomic mass is 10.3. The Morgan fingerprint density at radius 3 is 2.52 bits per heavy atom. The van der Waals surface area contributed by atoms with E-state index in [1.165, 1.54) is 0 Å². The lowest BCUT2D eigenvalue weighted by Gasteiger charge is -2.34. The molecule has 0 N–H and O–H groups in total. The first-order valence-electron chi connectivity index (χ1n) is 7.87. The van der Waals surface area contributed by atoms with Gasteiger partial charge in [-0.3, -0.25) is 14.9 Å². The molecular formula is C16H23N7. The van der Waals surface area contributed by atoms with E-state index in [2.05, 4.69) is 29.7 Å². The average molecular weight is 313 g/mol. The maximum Gasteiger partial charge on any atom is 0.227 e. The largest absolute Gasteiger partial charge is 0.363 e. The highest BCUT2D eigenvalue weighted by atomic mass is 15.3. The number of hydrogen-bond acceptors (Lipinski definition) is 7. The summed E-state index contributed by atoms with van der Waals surface area (Å²) in [5, 5.41) is 0. The number of aryl methyl sites for hydroxylation is 1. The maximum atomic E-state index is 4.67. The molecule has 1 saturated heterocycles. The molecule has 0 amide bonds. The minimum Gasteiger partial charge on any atom is -0.363 e. The zero-order chi connectivity index (χ0) is 16.2. The lowest BCUT2D eigenvalue weighted by molar-refractivity contribution is 0.245. The van der Waals surface area contributed by atoms with Crippen molar-refractivity contribution < 1.29 is 0 Å². The standard InChI is InChI=1S/C16H23N7/c1-13-10-15(21(2)3)20-16(19-13)23-8-6-22(7-9-23)12-14-11-17-4-5-18-14/h4-5,10-11H,6-9,12H2,1-3H3. The molecule has 1 fully saturated rings. The molecule has 3 heterocycles. The average Bonchev–Trinajstić information content (AvgIpc) is 2.56. The summed E-state index contributed by atoms with van der Waals surface area (Å²) in [5.41, 5.74) is 2.02. The predicted molar refractivity (Wildman–Crippen MR) is 90.6 cm³/mol. The van der Waals surface area contributed by atoms with Gasteiger partial charge in [0.15, 0.2) is 0 Å². The molecule has 0 unspecified atom stereocenters. The van der Waals surface area contributed by atoms with Gasteiger partial charge in [0, 0.05) is 77.2 Å². The Labute approximate surface area is 137 Å². The second-order valence-corrected chi connectivity index (χ2v) is 6.02. The van der Waals surface area contributed by atoms with E-state index in [1.54, 1.807) is 12.4 Å². The van der Waals surface area contributed by atoms with E-state index in [-0.39, 0.29) is 0 Å². The first-order chi connectivity index (χ1) is 11.1. The molecule has 122 valence electrons. The van der Waals surface area contributed by atoms with Crippen LogP contribution in [-0.4, -0.2) is 65.1 Å². The highest BCUT2D eigenvalue weighted by Crippen LogP contribution is 2.17. The summed E-state index contributed by atoms with van der Waals surface area (Å²) in [5.74, 6) is 1.78. The maximum absolute atomic E-state index is 4.67. The van der Waals surface area contributed by atoms with Crippen molar-refractivity contribution in [3.8, 4) is 0 Å². The molecular weight excluding hydrogens is 290 g/mol. The van der Waals surface area contributed by atoms with Crippen LogP contribution in [0.5, 0.6) is 0 Å². The highest BCUT2D eigenvalue weighted by Gasteiger charge is 2.20. The van der Waals surface area contributed by atoms with Crippen LogP contribution in [0.15, 0.2) is 24.7 Å². The van der Waals surface area contributed by atoms with Gasteiger partial charge in [-0.1, -0.05) is 0 Å². The Balaban J connectivity index is 1.63. The molecule has 0 aromatic carbocycles. The molecule has 0 saturated carbocycles. The summed E-state index contributed by atoms with van der Waals surface area (Å²) in [6.07, 6.45) is 5.28. The SMILES string of the molecule is Cc1cc(N(C)C)nc(N2CCN(Cc3cnccn3)CC2)n1.